The maximum atomic E-state index is 14.2. The van der Waals surface area contributed by atoms with E-state index in [1.54, 1.807) is 17.4 Å². The van der Waals surface area contributed by atoms with Crippen molar-refractivity contribution in [3.63, 3.8) is 0 Å². The zero-order valence-electron chi connectivity index (χ0n) is 15.3. The molecule has 0 bridgehead atoms. The fraction of sp³-hybridized carbons (Fsp3) is 0.100. The number of halogens is 2. The van der Waals surface area contributed by atoms with E-state index in [-0.39, 0.29) is 22.7 Å². The molecule has 0 saturated heterocycles. The summed E-state index contributed by atoms with van der Waals surface area (Å²) in [6.45, 7) is 1.40. The summed E-state index contributed by atoms with van der Waals surface area (Å²) in [7, 11) is -4.15. The average molecular weight is 414 g/mol. The SMILES string of the molecule is Cc1nnc2ccc(S(=O)(=O)N(Cc3ccccc3F)c3cccc(F)c3)cn12. The third kappa shape index (κ3) is 3.56. The molecule has 0 saturated carbocycles. The van der Waals surface area contributed by atoms with E-state index in [4.69, 9.17) is 0 Å². The Hall–Kier alpha value is -3.33. The highest BCUT2D eigenvalue weighted by molar-refractivity contribution is 7.92. The zero-order chi connectivity index (χ0) is 20.6. The molecule has 0 amide bonds. The molecule has 0 aliphatic heterocycles. The van der Waals surface area contributed by atoms with E-state index in [1.165, 1.54) is 54.7 Å². The Bertz CT molecular complexity index is 1300. The monoisotopic (exact) mass is 414 g/mol. The molecule has 0 fully saturated rings. The van der Waals surface area contributed by atoms with Gasteiger partial charge in [0.05, 0.1) is 12.2 Å². The first-order valence-corrected chi connectivity index (χ1v) is 10.1. The van der Waals surface area contributed by atoms with Gasteiger partial charge < -0.3 is 0 Å². The summed E-state index contributed by atoms with van der Waals surface area (Å²) in [5.41, 5.74) is 0.753. The number of anilines is 1. The first-order valence-electron chi connectivity index (χ1n) is 8.69. The number of aryl methyl sites for hydroxylation is 1. The van der Waals surface area contributed by atoms with Crippen molar-refractivity contribution in [2.75, 3.05) is 4.31 Å². The van der Waals surface area contributed by atoms with E-state index in [0.29, 0.717) is 11.5 Å². The first-order chi connectivity index (χ1) is 13.9. The molecule has 0 radical (unpaired) electrons. The predicted octanol–water partition coefficient (Wildman–Crippen LogP) is 3.71. The van der Waals surface area contributed by atoms with Crippen LogP contribution in [0, 0.1) is 18.6 Å². The smallest absolute Gasteiger partial charge is 0.266 e. The lowest BCUT2D eigenvalue weighted by molar-refractivity contribution is 0.584. The van der Waals surface area contributed by atoms with Gasteiger partial charge in [-0.05, 0) is 43.3 Å². The molecule has 148 valence electrons. The lowest BCUT2D eigenvalue weighted by atomic mass is 10.2. The summed E-state index contributed by atoms with van der Waals surface area (Å²) in [4.78, 5) is -0.0477. The lowest BCUT2D eigenvalue weighted by Gasteiger charge is -2.25. The summed E-state index contributed by atoms with van der Waals surface area (Å²) in [5, 5.41) is 7.86. The normalized spacial score (nSPS) is 11.7. The van der Waals surface area contributed by atoms with Crippen LogP contribution in [0.1, 0.15) is 11.4 Å². The molecule has 0 aliphatic rings. The van der Waals surface area contributed by atoms with Crippen LogP contribution in [0.3, 0.4) is 0 Å². The van der Waals surface area contributed by atoms with E-state index >= 15 is 0 Å². The molecule has 2 heterocycles. The van der Waals surface area contributed by atoms with Crippen molar-refractivity contribution in [2.45, 2.75) is 18.4 Å². The van der Waals surface area contributed by atoms with Crippen LogP contribution in [0.4, 0.5) is 14.5 Å². The van der Waals surface area contributed by atoms with Gasteiger partial charge in [-0.25, -0.2) is 17.2 Å². The molecule has 4 aromatic rings. The summed E-state index contributed by atoms with van der Waals surface area (Å²) in [5.74, 6) is -0.626. The molecule has 6 nitrogen and oxygen atoms in total. The van der Waals surface area contributed by atoms with Gasteiger partial charge in [0.2, 0.25) is 0 Å². The number of pyridine rings is 1. The molecule has 2 aromatic carbocycles. The summed E-state index contributed by atoms with van der Waals surface area (Å²) >= 11 is 0. The van der Waals surface area contributed by atoms with Crippen LogP contribution in [0.25, 0.3) is 5.65 Å². The van der Waals surface area contributed by atoms with E-state index in [1.807, 2.05) is 0 Å². The number of nitrogens with zero attached hydrogens (tertiary/aromatic N) is 4. The first kappa shape index (κ1) is 19.0. The fourth-order valence-electron chi connectivity index (χ4n) is 2.99. The number of hydrogen-bond donors (Lipinski definition) is 0. The van der Waals surface area contributed by atoms with E-state index in [9.17, 15) is 17.2 Å². The third-order valence-electron chi connectivity index (χ3n) is 4.50. The summed E-state index contributed by atoms with van der Waals surface area (Å²) < 4.78 is 57.5. The summed E-state index contributed by atoms with van der Waals surface area (Å²) in [6.07, 6.45) is 1.40. The molecule has 0 unspecified atom stereocenters. The molecule has 9 heteroatoms. The van der Waals surface area contributed by atoms with Crippen molar-refractivity contribution in [1.82, 2.24) is 14.6 Å². The molecule has 0 N–H and O–H groups in total. The van der Waals surface area contributed by atoms with Crippen LogP contribution >= 0.6 is 0 Å². The minimum absolute atomic E-state index is 0.0477. The number of sulfonamides is 1. The van der Waals surface area contributed by atoms with Crippen molar-refractivity contribution in [3.8, 4) is 0 Å². The van der Waals surface area contributed by atoms with Gasteiger partial charge in [0.1, 0.15) is 22.4 Å². The standard InChI is InChI=1S/C20H16F2N4O2S/c1-14-23-24-20-10-9-18(13-25(14)20)29(27,28)26(17-7-4-6-16(21)11-17)12-15-5-2-3-8-19(15)22/h2-11,13H,12H2,1H3. The van der Waals surface area contributed by atoms with Crippen molar-refractivity contribution in [1.29, 1.82) is 0 Å². The highest BCUT2D eigenvalue weighted by atomic mass is 32.2. The van der Waals surface area contributed by atoms with Crippen LogP contribution in [0.2, 0.25) is 0 Å². The molecule has 4 rings (SSSR count). The predicted molar refractivity (Wildman–Crippen MR) is 104 cm³/mol. The van der Waals surface area contributed by atoms with Crippen LogP contribution in [0.15, 0.2) is 71.8 Å². The number of fused-ring (bicyclic) bond motifs is 1. The van der Waals surface area contributed by atoms with Gasteiger partial charge >= 0.3 is 0 Å². The number of hydrogen-bond acceptors (Lipinski definition) is 4. The largest absolute Gasteiger partial charge is 0.285 e. The highest BCUT2D eigenvalue weighted by Crippen LogP contribution is 2.27. The molecular formula is C20H16F2N4O2S. The molecule has 0 spiro atoms. The quantitative estimate of drug-likeness (QED) is 0.499. The zero-order valence-corrected chi connectivity index (χ0v) is 16.1. The van der Waals surface area contributed by atoms with Crippen molar-refractivity contribution in [3.05, 3.63) is 89.9 Å². The molecule has 2 aromatic heterocycles. The molecular weight excluding hydrogens is 398 g/mol. The minimum atomic E-state index is -4.15. The minimum Gasteiger partial charge on any atom is -0.285 e. The molecule has 0 aliphatic carbocycles. The summed E-state index contributed by atoms with van der Waals surface area (Å²) in [6, 6.07) is 14.0. The van der Waals surface area contributed by atoms with Crippen LogP contribution in [-0.2, 0) is 16.6 Å². The Morgan fingerprint density at radius 2 is 1.79 bits per heavy atom. The van der Waals surface area contributed by atoms with Gasteiger partial charge in [0.25, 0.3) is 10.0 Å². The Morgan fingerprint density at radius 3 is 2.55 bits per heavy atom. The Labute approximate surface area is 166 Å². The van der Waals surface area contributed by atoms with Crippen LogP contribution in [-0.4, -0.2) is 23.0 Å². The molecule has 0 atom stereocenters. The maximum Gasteiger partial charge on any atom is 0.266 e. The van der Waals surface area contributed by atoms with E-state index in [0.717, 1.165) is 10.4 Å². The maximum absolute atomic E-state index is 14.2. The number of rotatable bonds is 5. The average Bonchev–Trinajstić information content (AvgIpc) is 3.07. The van der Waals surface area contributed by atoms with Crippen LogP contribution < -0.4 is 4.31 Å². The van der Waals surface area contributed by atoms with Gasteiger partial charge in [-0.3, -0.25) is 8.71 Å². The van der Waals surface area contributed by atoms with E-state index < -0.39 is 21.7 Å². The van der Waals surface area contributed by atoms with Gasteiger partial charge in [0.15, 0.2) is 5.65 Å². The topological polar surface area (TPSA) is 67.6 Å². The van der Waals surface area contributed by atoms with Gasteiger partial charge in [-0.1, -0.05) is 24.3 Å². The van der Waals surface area contributed by atoms with Crippen molar-refractivity contribution >= 4 is 21.4 Å². The van der Waals surface area contributed by atoms with Gasteiger partial charge in [-0.2, -0.15) is 0 Å². The number of aromatic nitrogens is 3. The lowest BCUT2D eigenvalue weighted by Crippen LogP contribution is -2.31. The highest BCUT2D eigenvalue weighted by Gasteiger charge is 2.27. The van der Waals surface area contributed by atoms with Crippen LogP contribution in [0.5, 0.6) is 0 Å². The second-order valence-electron chi connectivity index (χ2n) is 6.42. The second-order valence-corrected chi connectivity index (χ2v) is 8.29. The van der Waals surface area contributed by atoms with Gasteiger partial charge in [0, 0.05) is 11.8 Å². The third-order valence-corrected chi connectivity index (χ3v) is 6.26. The number of benzene rings is 2. The van der Waals surface area contributed by atoms with Gasteiger partial charge in [-0.15, -0.1) is 10.2 Å². The Kier molecular flexibility index (Phi) is 4.75. The molecule has 29 heavy (non-hydrogen) atoms. The van der Waals surface area contributed by atoms with Crippen molar-refractivity contribution in [2.24, 2.45) is 0 Å². The fourth-order valence-corrected chi connectivity index (χ4v) is 4.43. The Balaban J connectivity index is 1.86. The Morgan fingerprint density at radius 1 is 1.00 bits per heavy atom. The second kappa shape index (κ2) is 7.25. The van der Waals surface area contributed by atoms with E-state index in [2.05, 4.69) is 10.2 Å². The van der Waals surface area contributed by atoms with Crippen molar-refractivity contribution < 1.29 is 17.2 Å².